The third-order valence-corrected chi connectivity index (χ3v) is 3.94. The lowest BCUT2D eigenvalue weighted by molar-refractivity contribution is -0.118. The zero-order valence-corrected chi connectivity index (χ0v) is 10.5. The van der Waals surface area contributed by atoms with Crippen LogP contribution in [0.25, 0.3) is 0 Å². The van der Waals surface area contributed by atoms with Crippen LogP contribution in [-0.4, -0.2) is 32.2 Å². The third kappa shape index (κ3) is 3.18. The molecular weight excluding hydrogens is 242 g/mol. The van der Waals surface area contributed by atoms with Crippen molar-refractivity contribution in [2.75, 3.05) is 19.3 Å². The quantitative estimate of drug-likeness (QED) is 0.721. The molecule has 0 aliphatic rings. The number of nitrogens with two attached hydrogens (primary N) is 2. The van der Waals surface area contributed by atoms with Crippen molar-refractivity contribution < 1.29 is 13.2 Å². The molecule has 0 heterocycles. The molecule has 0 unspecified atom stereocenters. The Labute approximate surface area is 100 Å². The van der Waals surface area contributed by atoms with Crippen molar-refractivity contribution in [3.8, 4) is 0 Å². The van der Waals surface area contributed by atoms with Crippen molar-refractivity contribution in [2.45, 2.75) is 11.8 Å². The van der Waals surface area contributed by atoms with Gasteiger partial charge in [-0.25, -0.2) is 8.42 Å². The van der Waals surface area contributed by atoms with Gasteiger partial charge in [0.2, 0.25) is 15.9 Å². The van der Waals surface area contributed by atoms with E-state index in [9.17, 15) is 13.2 Å². The summed E-state index contributed by atoms with van der Waals surface area (Å²) in [5.41, 5.74) is 11.6. The van der Waals surface area contributed by atoms with E-state index in [1.807, 2.05) is 0 Å². The number of benzene rings is 1. The Morgan fingerprint density at radius 2 is 1.94 bits per heavy atom. The second kappa shape index (κ2) is 4.72. The van der Waals surface area contributed by atoms with Crippen LogP contribution in [0.4, 0.5) is 5.69 Å². The van der Waals surface area contributed by atoms with Gasteiger partial charge in [-0.05, 0) is 30.7 Å². The number of nitrogen functional groups attached to an aromatic ring is 1. The van der Waals surface area contributed by atoms with Gasteiger partial charge in [0.15, 0.2) is 0 Å². The first kappa shape index (κ1) is 13.5. The average Bonchev–Trinajstić information content (AvgIpc) is 2.14. The zero-order valence-electron chi connectivity index (χ0n) is 9.67. The number of hydrogen-bond acceptors (Lipinski definition) is 4. The van der Waals surface area contributed by atoms with E-state index in [0.29, 0.717) is 5.69 Å². The van der Waals surface area contributed by atoms with E-state index in [4.69, 9.17) is 11.5 Å². The Morgan fingerprint density at radius 1 is 1.35 bits per heavy atom. The van der Waals surface area contributed by atoms with E-state index in [0.717, 1.165) is 9.87 Å². The molecule has 0 aliphatic heterocycles. The molecule has 0 saturated heterocycles. The molecule has 0 aromatic heterocycles. The summed E-state index contributed by atoms with van der Waals surface area (Å²) in [6, 6.07) is 4.50. The number of rotatable bonds is 4. The van der Waals surface area contributed by atoms with Gasteiger partial charge in [0.25, 0.3) is 0 Å². The summed E-state index contributed by atoms with van der Waals surface area (Å²) in [6.07, 6.45) is 0. The van der Waals surface area contributed by atoms with Crippen LogP contribution in [0.2, 0.25) is 0 Å². The number of carbonyl (C=O) groups is 1. The highest BCUT2D eigenvalue weighted by atomic mass is 32.2. The van der Waals surface area contributed by atoms with Crippen LogP contribution in [-0.2, 0) is 14.8 Å². The van der Waals surface area contributed by atoms with Gasteiger partial charge in [-0.1, -0.05) is 0 Å². The summed E-state index contributed by atoms with van der Waals surface area (Å²) in [5.74, 6) is -0.711. The molecule has 6 nitrogen and oxygen atoms in total. The molecule has 17 heavy (non-hydrogen) atoms. The molecule has 0 saturated carbocycles. The normalized spacial score (nSPS) is 11.7. The summed E-state index contributed by atoms with van der Waals surface area (Å²) in [4.78, 5) is 10.8. The van der Waals surface area contributed by atoms with Crippen molar-refractivity contribution in [1.82, 2.24) is 4.31 Å². The number of nitrogens with zero attached hydrogens (tertiary/aromatic N) is 1. The molecular formula is C10H15N3O3S. The first-order chi connectivity index (χ1) is 7.73. The maximum atomic E-state index is 12.0. The first-order valence-electron chi connectivity index (χ1n) is 4.85. The maximum Gasteiger partial charge on any atom is 0.243 e. The second-order valence-electron chi connectivity index (χ2n) is 3.81. The first-order valence-corrected chi connectivity index (χ1v) is 6.29. The minimum absolute atomic E-state index is 0.0544. The van der Waals surface area contributed by atoms with Crippen LogP contribution in [0.5, 0.6) is 0 Å². The fourth-order valence-corrected chi connectivity index (χ4v) is 2.69. The number of hydrogen-bond donors (Lipinski definition) is 2. The van der Waals surface area contributed by atoms with Crippen LogP contribution in [0.15, 0.2) is 23.1 Å². The smallest absolute Gasteiger partial charge is 0.243 e. The standard InChI is InChI=1S/C10H15N3O3S/c1-7-3-8(11)5-9(4-7)17(15,16)13(2)6-10(12)14/h3-5H,6,11H2,1-2H3,(H2,12,14). The summed E-state index contributed by atoms with van der Waals surface area (Å²) in [5, 5.41) is 0. The van der Waals surface area contributed by atoms with E-state index in [2.05, 4.69) is 0 Å². The molecule has 94 valence electrons. The lowest BCUT2D eigenvalue weighted by atomic mass is 10.2. The Bertz CT molecular complexity index is 519. The number of anilines is 1. The van der Waals surface area contributed by atoms with Crippen molar-refractivity contribution in [2.24, 2.45) is 5.73 Å². The van der Waals surface area contributed by atoms with Gasteiger partial charge in [-0.2, -0.15) is 4.31 Å². The fraction of sp³-hybridized carbons (Fsp3) is 0.300. The molecule has 0 atom stereocenters. The molecule has 0 fully saturated rings. The van der Waals surface area contributed by atoms with E-state index >= 15 is 0 Å². The zero-order chi connectivity index (χ0) is 13.2. The predicted molar refractivity (Wildman–Crippen MR) is 64.6 cm³/mol. The van der Waals surface area contributed by atoms with Gasteiger partial charge < -0.3 is 11.5 Å². The van der Waals surface area contributed by atoms with E-state index in [-0.39, 0.29) is 11.4 Å². The van der Waals surface area contributed by atoms with E-state index in [1.165, 1.54) is 19.2 Å². The van der Waals surface area contributed by atoms with Crippen LogP contribution in [0.1, 0.15) is 5.56 Å². The Kier molecular flexibility index (Phi) is 3.74. The Morgan fingerprint density at radius 3 is 2.41 bits per heavy atom. The number of amides is 1. The molecule has 0 bridgehead atoms. The van der Waals surface area contributed by atoms with E-state index < -0.39 is 15.9 Å². The number of carbonyl (C=O) groups excluding carboxylic acids is 1. The highest BCUT2D eigenvalue weighted by Gasteiger charge is 2.22. The minimum Gasteiger partial charge on any atom is -0.399 e. The highest BCUT2D eigenvalue weighted by Crippen LogP contribution is 2.19. The van der Waals surface area contributed by atoms with Crippen molar-refractivity contribution in [1.29, 1.82) is 0 Å². The predicted octanol–water partition coefficient (Wildman–Crippen LogP) is -0.317. The molecule has 1 rings (SSSR count). The molecule has 0 radical (unpaired) electrons. The topological polar surface area (TPSA) is 106 Å². The van der Waals surface area contributed by atoms with E-state index in [1.54, 1.807) is 13.0 Å². The summed E-state index contributed by atoms with van der Waals surface area (Å²) >= 11 is 0. The molecule has 0 aliphatic carbocycles. The van der Waals surface area contributed by atoms with Gasteiger partial charge in [0.05, 0.1) is 11.4 Å². The number of likely N-dealkylation sites (N-methyl/N-ethyl adjacent to an activating group) is 1. The van der Waals surface area contributed by atoms with Crippen molar-refractivity contribution >= 4 is 21.6 Å². The fourth-order valence-electron chi connectivity index (χ4n) is 1.41. The van der Waals surface area contributed by atoms with Crippen LogP contribution in [0, 0.1) is 6.92 Å². The molecule has 1 aromatic rings. The number of aryl methyl sites for hydroxylation is 1. The van der Waals surface area contributed by atoms with Gasteiger partial charge in [0, 0.05) is 12.7 Å². The monoisotopic (exact) mass is 257 g/mol. The lowest BCUT2D eigenvalue weighted by Crippen LogP contribution is -2.35. The Balaban J connectivity index is 3.17. The van der Waals surface area contributed by atoms with Crippen LogP contribution >= 0.6 is 0 Å². The molecule has 0 spiro atoms. The lowest BCUT2D eigenvalue weighted by Gasteiger charge is -2.16. The second-order valence-corrected chi connectivity index (χ2v) is 5.85. The molecule has 1 amide bonds. The number of sulfonamides is 1. The summed E-state index contributed by atoms with van der Waals surface area (Å²) in [6.45, 7) is 1.37. The van der Waals surface area contributed by atoms with Crippen LogP contribution < -0.4 is 11.5 Å². The molecule has 1 aromatic carbocycles. The van der Waals surface area contributed by atoms with Gasteiger partial charge in [-0.3, -0.25) is 4.79 Å². The minimum atomic E-state index is -3.73. The summed E-state index contributed by atoms with van der Waals surface area (Å²) in [7, 11) is -2.44. The highest BCUT2D eigenvalue weighted by molar-refractivity contribution is 7.89. The van der Waals surface area contributed by atoms with Crippen LogP contribution in [0.3, 0.4) is 0 Å². The van der Waals surface area contributed by atoms with Gasteiger partial charge >= 0.3 is 0 Å². The summed E-state index contributed by atoms with van der Waals surface area (Å²) < 4.78 is 25.0. The SMILES string of the molecule is Cc1cc(N)cc(S(=O)(=O)N(C)CC(N)=O)c1. The third-order valence-electron chi connectivity index (χ3n) is 2.16. The van der Waals surface area contributed by atoms with Gasteiger partial charge in [0.1, 0.15) is 0 Å². The maximum absolute atomic E-state index is 12.0. The molecule has 4 N–H and O–H groups in total. The van der Waals surface area contributed by atoms with Crippen molar-refractivity contribution in [3.05, 3.63) is 23.8 Å². The van der Waals surface area contributed by atoms with Crippen molar-refractivity contribution in [3.63, 3.8) is 0 Å². The largest absolute Gasteiger partial charge is 0.399 e. The molecule has 7 heteroatoms. The average molecular weight is 257 g/mol. The Hall–Kier alpha value is -1.60. The number of primary amides is 1. The van der Waals surface area contributed by atoms with Gasteiger partial charge in [-0.15, -0.1) is 0 Å².